The lowest BCUT2D eigenvalue weighted by molar-refractivity contribution is -0.134. The molecule has 192 valence electrons. The van der Waals surface area contributed by atoms with Gasteiger partial charge >= 0.3 is 0 Å². The minimum Gasteiger partial charge on any atom is -0.484 e. The van der Waals surface area contributed by atoms with Gasteiger partial charge < -0.3 is 14.5 Å². The number of nitrogens with zero attached hydrogens (tertiary/aromatic N) is 3. The molecular weight excluding hydrogens is 474 g/mol. The molecule has 0 spiro atoms. The molecule has 1 aliphatic carbocycles. The summed E-state index contributed by atoms with van der Waals surface area (Å²) in [7, 11) is 0. The number of ether oxygens (including phenoxy) is 1. The summed E-state index contributed by atoms with van der Waals surface area (Å²) in [6.45, 7) is 5.02. The Hall–Kier alpha value is -2.60. The number of benzene rings is 1. The Morgan fingerprint density at radius 2 is 1.61 bits per heavy atom. The van der Waals surface area contributed by atoms with E-state index in [1.165, 1.54) is 25.7 Å². The third-order valence-corrected chi connectivity index (χ3v) is 8.54. The number of hydrogen-bond donors (Lipinski definition) is 0. The van der Waals surface area contributed by atoms with Crippen molar-refractivity contribution in [1.82, 2.24) is 14.8 Å². The first-order valence-corrected chi connectivity index (χ1v) is 13.8. The average molecular weight is 510 g/mol. The van der Waals surface area contributed by atoms with Crippen LogP contribution in [-0.4, -0.2) is 59.4 Å². The monoisotopic (exact) mass is 509 g/mol. The second kappa shape index (κ2) is 11.2. The number of piperidine rings is 2. The lowest BCUT2D eigenvalue weighted by Crippen LogP contribution is -2.45. The highest BCUT2D eigenvalue weighted by molar-refractivity contribution is 6.30. The Morgan fingerprint density at radius 1 is 0.917 bits per heavy atom. The van der Waals surface area contributed by atoms with Gasteiger partial charge in [-0.15, -0.1) is 0 Å². The topological polar surface area (TPSA) is 62.7 Å². The number of halogens is 1. The minimum atomic E-state index is -0.0211. The molecule has 2 amide bonds. The van der Waals surface area contributed by atoms with E-state index in [0.29, 0.717) is 29.8 Å². The quantitative estimate of drug-likeness (QED) is 0.535. The molecule has 0 bridgehead atoms. The van der Waals surface area contributed by atoms with E-state index in [0.717, 1.165) is 55.2 Å². The molecule has 3 heterocycles. The van der Waals surface area contributed by atoms with Gasteiger partial charge in [-0.3, -0.25) is 14.6 Å². The largest absolute Gasteiger partial charge is 0.484 e. The summed E-state index contributed by atoms with van der Waals surface area (Å²) >= 11 is 5.91. The number of rotatable bonds is 5. The van der Waals surface area contributed by atoms with Crippen molar-refractivity contribution in [2.24, 2.45) is 11.8 Å². The van der Waals surface area contributed by atoms with E-state index in [1.54, 1.807) is 24.3 Å². The minimum absolute atomic E-state index is 0.00977. The second-order valence-electron chi connectivity index (χ2n) is 10.6. The van der Waals surface area contributed by atoms with Crippen molar-refractivity contribution in [3.63, 3.8) is 0 Å². The highest BCUT2D eigenvalue weighted by Crippen LogP contribution is 2.37. The molecule has 0 N–H and O–H groups in total. The molecule has 2 atom stereocenters. The van der Waals surface area contributed by atoms with E-state index >= 15 is 0 Å². The zero-order valence-corrected chi connectivity index (χ0v) is 21.9. The van der Waals surface area contributed by atoms with Crippen LogP contribution in [0, 0.1) is 18.8 Å². The number of aromatic nitrogens is 1. The normalized spacial score (nSPS) is 22.7. The Morgan fingerprint density at radius 3 is 2.36 bits per heavy atom. The Labute approximate surface area is 219 Å². The predicted molar refractivity (Wildman–Crippen MR) is 140 cm³/mol. The second-order valence-corrected chi connectivity index (χ2v) is 11.1. The van der Waals surface area contributed by atoms with Crippen molar-refractivity contribution >= 4 is 23.4 Å². The Kier molecular flexibility index (Phi) is 7.80. The molecule has 36 heavy (non-hydrogen) atoms. The number of aryl methyl sites for hydroxylation is 1. The van der Waals surface area contributed by atoms with Gasteiger partial charge in [0.25, 0.3) is 11.8 Å². The third kappa shape index (κ3) is 5.69. The smallest absolute Gasteiger partial charge is 0.260 e. The lowest BCUT2D eigenvalue weighted by atomic mass is 9.75. The number of pyridine rings is 1. The van der Waals surface area contributed by atoms with E-state index in [4.69, 9.17) is 21.3 Å². The predicted octanol–water partition coefficient (Wildman–Crippen LogP) is 5.48. The van der Waals surface area contributed by atoms with Gasteiger partial charge in [0.2, 0.25) is 0 Å². The number of carbonyl (C=O) groups is 2. The van der Waals surface area contributed by atoms with Crippen LogP contribution in [0.4, 0.5) is 0 Å². The maximum absolute atomic E-state index is 13.7. The number of hydrogen-bond acceptors (Lipinski definition) is 4. The van der Waals surface area contributed by atoms with E-state index in [2.05, 4.69) is 4.90 Å². The van der Waals surface area contributed by atoms with E-state index in [-0.39, 0.29) is 24.3 Å². The molecule has 2 saturated heterocycles. The molecule has 3 fully saturated rings. The van der Waals surface area contributed by atoms with Gasteiger partial charge in [0.15, 0.2) is 6.61 Å². The van der Waals surface area contributed by atoms with Crippen molar-refractivity contribution in [1.29, 1.82) is 0 Å². The van der Waals surface area contributed by atoms with Crippen LogP contribution in [0.3, 0.4) is 0 Å². The fourth-order valence-corrected chi connectivity index (χ4v) is 6.32. The van der Waals surface area contributed by atoms with Gasteiger partial charge in [-0.2, -0.15) is 0 Å². The number of carbonyl (C=O) groups excluding carboxylic acids is 2. The van der Waals surface area contributed by atoms with Crippen molar-refractivity contribution in [2.45, 2.75) is 57.8 Å². The van der Waals surface area contributed by atoms with Crippen LogP contribution in [0.5, 0.6) is 5.75 Å². The average Bonchev–Trinajstić information content (AvgIpc) is 2.92. The Bertz CT molecular complexity index is 1080. The van der Waals surface area contributed by atoms with Crippen LogP contribution in [0.1, 0.15) is 72.6 Å². The van der Waals surface area contributed by atoms with Crippen LogP contribution in [0.15, 0.2) is 36.4 Å². The van der Waals surface area contributed by atoms with Crippen molar-refractivity contribution in [3.05, 3.63) is 58.4 Å². The summed E-state index contributed by atoms with van der Waals surface area (Å²) in [6.07, 6.45) is 7.94. The van der Waals surface area contributed by atoms with Crippen LogP contribution in [0.25, 0.3) is 0 Å². The van der Waals surface area contributed by atoms with Crippen molar-refractivity contribution in [3.8, 4) is 5.75 Å². The first-order chi connectivity index (χ1) is 17.5. The van der Waals surface area contributed by atoms with Gasteiger partial charge in [-0.1, -0.05) is 30.9 Å². The van der Waals surface area contributed by atoms with E-state index in [1.807, 2.05) is 24.0 Å². The van der Waals surface area contributed by atoms with Crippen LogP contribution in [0.2, 0.25) is 5.02 Å². The van der Waals surface area contributed by atoms with Gasteiger partial charge in [-0.05, 0) is 80.8 Å². The molecule has 5 rings (SSSR count). The fourth-order valence-electron chi connectivity index (χ4n) is 6.19. The highest BCUT2D eigenvalue weighted by atomic mass is 35.5. The molecule has 3 aliphatic rings. The highest BCUT2D eigenvalue weighted by Gasteiger charge is 2.35. The molecule has 1 aromatic heterocycles. The molecule has 2 unspecified atom stereocenters. The summed E-state index contributed by atoms with van der Waals surface area (Å²) < 4.78 is 5.65. The standard InChI is InChI=1S/C29H36ClN3O3/c1-20-6-11-26(29(35)33-17-12-21-4-2-3-5-23(21)18-33)28(31-20)22-13-15-32(16-14-22)27(34)19-36-25-9-7-24(30)8-10-25/h6-11,21-23H,2-5,12-19H2,1H3. The molecule has 2 aromatic rings. The molecule has 1 saturated carbocycles. The molecule has 1 aromatic carbocycles. The van der Waals surface area contributed by atoms with Gasteiger partial charge in [0.05, 0.1) is 11.3 Å². The SMILES string of the molecule is Cc1ccc(C(=O)N2CCC3CCCCC3C2)c(C2CCN(C(=O)COc3ccc(Cl)cc3)CC2)n1. The maximum atomic E-state index is 13.7. The third-order valence-electron chi connectivity index (χ3n) is 8.28. The fraction of sp³-hybridized carbons (Fsp3) is 0.552. The summed E-state index contributed by atoms with van der Waals surface area (Å²) in [5, 5.41) is 0.636. The summed E-state index contributed by atoms with van der Waals surface area (Å²) in [5.74, 6) is 2.37. The zero-order chi connectivity index (χ0) is 25.1. The summed E-state index contributed by atoms with van der Waals surface area (Å²) in [5.41, 5.74) is 2.60. The Balaban J connectivity index is 1.20. The van der Waals surface area contributed by atoms with Crippen LogP contribution in [-0.2, 0) is 4.79 Å². The van der Waals surface area contributed by atoms with Crippen LogP contribution >= 0.6 is 11.6 Å². The molecule has 6 nitrogen and oxygen atoms in total. The number of fused-ring (bicyclic) bond motifs is 1. The van der Waals surface area contributed by atoms with E-state index in [9.17, 15) is 9.59 Å². The van der Waals surface area contributed by atoms with Gasteiger partial charge in [0, 0.05) is 42.8 Å². The molecule has 7 heteroatoms. The van der Waals surface area contributed by atoms with Gasteiger partial charge in [0.1, 0.15) is 5.75 Å². The summed E-state index contributed by atoms with van der Waals surface area (Å²) in [4.78, 5) is 35.2. The maximum Gasteiger partial charge on any atom is 0.260 e. The van der Waals surface area contributed by atoms with Crippen molar-refractivity contribution < 1.29 is 14.3 Å². The van der Waals surface area contributed by atoms with Gasteiger partial charge in [-0.25, -0.2) is 0 Å². The van der Waals surface area contributed by atoms with E-state index < -0.39 is 0 Å². The first kappa shape index (κ1) is 25.1. The number of likely N-dealkylation sites (tertiary alicyclic amines) is 2. The van der Waals surface area contributed by atoms with Crippen LogP contribution < -0.4 is 4.74 Å². The molecular formula is C29H36ClN3O3. The molecule has 0 radical (unpaired) electrons. The van der Waals surface area contributed by atoms with Crippen molar-refractivity contribution in [2.75, 3.05) is 32.8 Å². The molecule has 2 aliphatic heterocycles. The lowest BCUT2D eigenvalue weighted by Gasteiger charge is -2.41. The number of amides is 2. The zero-order valence-electron chi connectivity index (χ0n) is 21.1. The summed E-state index contributed by atoms with van der Waals surface area (Å²) in [6, 6.07) is 11.0. The first-order valence-electron chi connectivity index (χ1n) is 13.4.